The van der Waals surface area contributed by atoms with Crippen molar-refractivity contribution in [3.63, 3.8) is 0 Å². The molecule has 0 unspecified atom stereocenters. The first-order valence-corrected chi connectivity index (χ1v) is 5.46. The van der Waals surface area contributed by atoms with Gasteiger partial charge in [0.1, 0.15) is 5.82 Å². The molecular formula is C12H12FN3O2. The smallest absolute Gasteiger partial charge is 0.378 e. The molecule has 94 valence electrons. The van der Waals surface area contributed by atoms with Crippen LogP contribution < -0.4 is 0 Å². The summed E-state index contributed by atoms with van der Waals surface area (Å²) in [6.07, 6.45) is 0. The van der Waals surface area contributed by atoms with E-state index in [0.717, 1.165) is 0 Å². The number of esters is 1. The van der Waals surface area contributed by atoms with Gasteiger partial charge in [-0.15, -0.1) is 5.10 Å². The summed E-state index contributed by atoms with van der Waals surface area (Å²) in [5.41, 5.74) is 0.682. The quantitative estimate of drug-likeness (QED) is 0.778. The van der Waals surface area contributed by atoms with Gasteiger partial charge in [-0.05, 0) is 31.2 Å². The van der Waals surface area contributed by atoms with Crippen LogP contribution in [0.5, 0.6) is 0 Å². The summed E-state index contributed by atoms with van der Waals surface area (Å²) >= 11 is 0. The van der Waals surface area contributed by atoms with Crippen LogP contribution in [0.3, 0.4) is 0 Å². The minimum absolute atomic E-state index is 0.00123. The number of halogens is 1. The molecule has 2 aromatic rings. The van der Waals surface area contributed by atoms with Crippen LogP contribution >= 0.6 is 0 Å². The molecule has 0 aliphatic rings. The second-order valence-corrected chi connectivity index (χ2v) is 3.61. The molecule has 1 aromatic heterocycles. The lowest BCUT2D eigenvalue weighted by Gasteiger charge is -1.98. The molecule has 0 bridgehead atoms. The highest BCUT2D eigenvalue weighted by molar-refractivity contribution is 5.85. The van der Waals surface area contributed by atoms with Crippen molar-refractivity contribution in [2.75, 3.05) is 6.61 Å². The van der Waals surface area contributed by atoms with E-state index < -0.39 is 5.97 Å². The van der Waals surface area contributed by atoms with Crippen LogP contribution in [0, 0.1) is 5.82 Å². The summed E-state index contributed by atoms with van der Waals surface area (Å²) in [6, 6.07) is 5.81. The van der Waals surface area contributed by atoms with Gasteiger partial charge >= 0.3 is 5.97 Å². The van der Waals surface area contributed by atoms with Gasteiger partial charge in [-0.2, -0.15) is 0 Å². The molecule has 1 aromatic carbocycles. The summed E-state index contributed by atoms with van der Waals surface area (Å²) in [7, 11) is 1.66. The van der Waals surface area contributed by atoms with Gasteiger partial charge in [0.2, 0.25) is 0 Å². The van der Waals surface area contributed by atoms with Crippen molar-refractivity contribution in [1.82, 2.24) is 14.8 Å². The Bertz CT molecular complexity index is 563. The first-order valence-electron chi connectivity index (χ1n) is 5.46. The summed E-state index contributed by atoms with van der Waals surface area (Å²) in [6.45, 7) is 1.98. The molecule has 18 heavy (non-hydrogen) atoms. The molecule has 2 rings (SSSR count). The van der Waals surface area contributed by atoms with Crippen LogP contribution in [-0.4, -0.2) is 27.3 Å². The van der Waals surface area contributed by atoms with Gasteiger partial charge in [0.15, 0.2) is 5.82 Å². The number of nitrogens with zero attached hydrogens (tertiary/aromatic N) is 3. The zero-order valence-electron chi connectivity index (χ0n) is 10.1. The third kappa shape index (κ3) is 2.37. The minimum atomic E-state index is -0.568. The van der Waals surface area contributed by atoms with E-state index in [1.165, 1.54) is 16.8 Å². The molecule has 6 heteroatoms. The zero-order chi connectivity index (χ0) is 13.1. The fourth-order valence-electron chi connectivity index (χ4n) is 1.52. The Morgan fingerprint density at radius 2 is 2.06 bits per heavy atom. The zero-order valence-corrected chi connectivity index (χ0v) is 10.1. The Labute approximate surface area is 103 Å². The van der Waals surface area contributed by atoms with Crippen molar-refractivity contribution in [2.24, 2.45) is 7.05 Å². The predicted molar refractivity (Wildman–Crippen MR) is 62.4 cm³/mol. The molecule has 0 fully saturated rings. The van der Waals surface area contributed by atoms with E-state index in [1.54, 1.807) is 26.1 Å². The van der Waals surface area contributed by atoms with Crippen LogP contribution in [0.1, 0.15) is 17.5 Å². The number of benzene rings is 1. The van der Waals surface area contributed by atoms with Crippen LogP contribution in [0.25, 0.3) is 11.4 Å². The summed E-state index contributed by atoms with van der Waals surface area (Å²) in [4.78, 5) is 15.6. The number of ether oxygens (including phenoxy) is 1. The number of hydrogen-bond donors (Lipinski definition) is 0. The van der Waals surface area contributed by atoms with Crippen LogP contribution in [0.15, 0.2) is 24.3 Å². The van der Waals surface area contributed by atoms with Crippen LogP contribution in [-0.2, 0) is 11.8 Å². The molecule has 5 nitrogen and oxygen atoms in total. The van der Waals surface area contributed by atoms with Gasteiger partial charge in [-0.3, -0.25) is 0 Å². The highest BCUT2D eigenvalue weighted by atomic mass is 19.1. The third-order valence-electron chi connectivity index (χ3n) is 2.32. The molecular weight excluding hydrogens is 237 g/mol. The summed E-state index contributed by atoms with van der Waals surface area (Å²) in [5.74, 6) is -0.412. The van der Waals surface area contributed by atoms with Gasteiger partial charge in [-0.25, -0.2) is 18.9 Å². The number of rotatable bonds is 3. The van der Waals surface area contributed by atoms with E-state index in [9.17, 15) is 9.18 Å². The van der Waals surface area contributed by atoms with Crippen molar-refractivity contribution >= 4 is 5.97 Å². The van der Waals surface area contributed by atoms with E-state index in [0.29, 0.717) is 11.4 Å². The fraction of sp³-hybridized carbons (Fsp3) is 0.250. The Balaban J connectivity index is 2.34. The first kappa shape index (κ1) is 12.2. The van der Waals surface area contributed by atoms with E-state index >= 15 is 0 Å². The number of aryl methyl sites for hydroxylation is 1. The minimum Gasteiger partial charge on any atom is -0.460 e. The Hall–Kier alpha value is -2.24. The predicted octanol–water partition coefficient (Wildman–Crippen LogP) is 1.80. The second-order valence-electron chi connectivity index (χ2n) is 3.61. The molecule has 0 N–H and O–H groups in total. The van der Waals surface area contributed by atoms with Crippen molar-refractivity contribution in [1.29, 1.82) is 0 Å². The standard InChI is InChI=1S/C12H12FN3O2/c1-3-18-12(17)10-14-11(16(2)15-10)8-4-6-9(13)7-5-8/h4-7H,3H2,1-2H3. The molecule has 0 amide bonds. The Kier molecular flexibility index (Phi) is 3.36. The van der Waals surface area contributed by atoms with Gasteiger partial charge in [0.25, 0.3) is 5.82 Å². The van der Waals surface area contributed by atoms with E-state index in [4.69, 9.17) is 4.74 Å². The number of carbonyl (C=O) groups excluding carboxylic acids is 1. The monoisotopic (exact) mass is 249 g/mol. The first-order chi connectivity index (χ1) is 8.61. The molecule has 0 aliphatic heterocycles. The average molecular weight is 249 g/mol. The number of aromatic nitrogens is 3. The van der Waals surface area contributed by atoms with Crippen molar-refractivity contribution in [3.8, 4) is 11.4 Å². The Morgan fingerprint density at radius 3 is 2.67 bits per heavy atom. The SMILES string of the molecule is CCOC(=O)c1nc(-c2ccc(F)cc2)n(C)n1. The van der Waals surface area contributed by atoms with Crippen molar-refractivity contribution in [2.45, 2.75) is 6.92 Å². The maximum absolute atomic E-state index is 12.8. The summed E-state index contributed by atoms with van der Waals surface area (Å²) in [5, 5.41) is 3.97. The number of carbonyl (C=O) groups is 1. The fourth-order valence-corrected chi connectivity index (χ4v) is 1.52. The topological polar surface area (TPSA) is 57.0 Å². The van der Waals surface area contributed by atoms with Gasteiger partial charge in [-0.1, -0.05) is 0 Å². The van der Waals surface area contributed by atoms with E-state index in [-0.39, 0.29) is 18.2 Å². The van der Waals surface area contributed by atoms with Crippen molar-refractivity contribution < 1.29 is 13.9 Å². The molecule has 0 spiro atoms. The highest BCUT2D eigenvalue weighted by Crippen LogP contribution is 2.17. The largest absolute Gasteiger partial charge is 0.460 e. The number of hydrogen-bond acceptors (Lipinski definition) is 4. The second kappa shape index (κ2) is 4.95. The van der Waals surface area contributed by atoms with Crippen LogP contribution in [0.4, 0.5) is 4.39 Å². The normalized spacial score (nSPS) is 10.4. The highest BCUT2D eigenvalue weighted by Gasteiger charge is 2.16. The van der Waals surface area contributed by atoms with Crippen molar-refractivity contribution in [3.05, 3.63) is 35.9 Å². The maximum atomic E-state index is 12.8. The maximum Gasteiger partial charge on any atom is 0.378 e. The molecule has 0 radical (unpaired) electrons. The van der Waals surface area contributed by atoms with Gasteiger partial charge in [0, 0.05) is 12.6 Å². The van der Waals surface area contributed by atoms with Crippen LogP contribution in [0.2, 0.25) is 0 Å². The summed E-state index contributed by atoms with van der Waals surface area (Å²) < 4.78 is 19.1. The lowest BCUT2D eigenvalue weighted by Crippen LogP contribution is -2.07. The lowest BCUT2D eigenvalue weighted by molar-refractivity contribution is 0.0512. The molecule has 1 heterocycles. The van der Waals surface area contributed by atoms with E-state index in [2.05, 4.69) is 10.1 Å². The lowest BCUT2D eigenvalue weighted by atomic mass is 10.2. The Morgan fingerprint density at radius 1 is 1.39 bits per heavy atom. The van der Waals surface area contributed by atoms with Gasteiger partial charge in [0.05, 0.1) is 6.61 Å². The van der Waals surface area contributed by atoms with E-state index in [1.807, 2.05) is 0 Å². The third-order valence-corrected chi connectivity index (χ3v) is 2.32. The van der Waals surface area contributed by atoms with Gasteiger partial charge < -0.3 is 4.74 Å². The average Bonchev–Trinajstić information content (AvgIpc) is 2.73. The molecule has 0 saturated carbocycles. The molecule has 0 saturated heterocycles. The molecule has 0 atom stereocenters. The molecule has 0 aliphatic carbocycles.